The van der Waals surface area contributed by atoms with Crippen LogP contribution in [0.1, 0.15) is 38.5 Å². The van der Waals surface area contributed by atoms with Crippen LogP contribution in [0.2, 0.25) is 0 Å². The largest absolute Gasteiger partial charge is 0.426 e. The van der Waals surface area contributed by atoms with Gasteiger partial charge in [0.25, 0.3) is 5.60 Å². The molecule has 3 saturated carbocycles. The molecule has 0 heterocycles. The predicted molar refractivity (Wildman–Crippen MR) is 68.5 cm³/mol. The molecule has 0 aromatic carbocycles. The van der Waals surface area contributed by atoms with Crippen molar-refractivity contribution in [2.45, 2.75) is 62.6 Å². The molecule has 1 N–H and O–H groups in total. The SMILES string of the molecule is OC(CCOC1CC2CC1C1CCCC21)(C(F)(F)F)C(F)(F)F. The predicted octanol–water partition coefficient (Wildman–Crippen LogP) is 4.07. The maximum atomic E-state index is 12.6. The lowest BCUT2D eigenvalue weighted by Gasteiger charge is -2.34. The third kappa shape index (κ3) is 2.75. The number of alkyl halides is 6. The maximum absolute atomic E-state index is 12.6. The minimum Gasteiger partial charge on any atom is -0.378 e. The lowest BCUT2D eigenvalue weighted by Crippen LogP contribution is -2.57. The van der Waals surface area contributed by atoms with Gasteiger partial charge in [0, 0.05) is 6.42 Å². The normalized spacial score (nSPS) is 37.4. The van der Waals surface area contributed by atoms with Crippen molar-refractivity contribution >= 4 is 0 Å². The van der Waals surface area contributed by atoms with Gasteiger partial charge in [0.1, 0.15) is 0 Å². The van der Waals surface area contributed by atoms with Crippen molar-refractivity contribution in [3.8, 4) is 0 Å². The van der Waals surface area contributed by atoms with E-state index in [2.05, 4.69) is 0 Å². The topological polar surface area (TPSA) is 29.5 Å². The Morgan fingerprint density at radius 3 is 2.09 bits per heavy atom. The lowest BCUT2D eigenvalue weighted by atomic mass is 9.80. The molecule has 23 heavy (non-hydrogen) atoms. The summed E-state index contributed by atoms with van der Waals surface area (Å²) < 4.78 is 81.0. The lowest BCUT2D eigenvalue weighted by molar-refractivity contribution is -0.372. The van der Waals surface area contributed by atoms with Gasteiger partial charge in [0.05, 0.1) is 12.7 Å². The van der Waals surface area contributed by atoms with Crippen molar-refractivity contribution in [3.63, 3.8) is 0 Å². The molecule has 0 aromatic heterocycles. The van der Waals surface area contributed by atoms with Crippen LogP contribution in [-0.4, -0.2) is 35.8 Å². The monoisotopic (exact) mass is 346 g/mol. The van der Waals surface area contributed by atoms with Crippen molar-refractivity contribution in [1.82, 2.24) is 0 Å². The van der Waals surface area contributed by atoms with Gasteiger partial charge in [-0.3, -0.25) is 0 Å². The Labute approximate surface area is 130 Å². The Morgan fingerprint density at radius 1 is 0.870 bits per heavy atom. The van der Waals surface area contributed by atoms with E-state index in [9.17, 15) is 26.3 Å². The first-order chi connectivity index (χ1) is 10.5. The number of ether oxygens (including phenoxy) is 1. The van der Waals surface area contributed by atoms with Crippen LogP contribution in [0.25, 0.3) is 0 Å². The molecule has 0 aromatic rings. The van der Waals surface area contributed by atoms with Gasteiger partial charge < -0.3 is 9.84 Å². The fourth-order valence-electron chi connectivity index (χ4n) is 5.00. The highest BCUT2D eigenvalue weighted by Crippen LogP contribution is 2.59. The molecule has 0 aliphatic heterocycles. The summed E-state index contributed by atoms with van der Waals surface area (Å²) in [5.41, 5.74) is -4.70. The molecule has 0 saturated heterocycles. The zero-order chi connectivity index (χ0) is 17.0. The van der Waals surface area contributed by atoms with Crippen molar-refractivity contribution in [2.75, 3.05) is 6.61 Å². The van der Waals surface area contributed by atoms with Gasteiger partial charge in [-0.1, -0.05) is 6.42 Å². The summed E-state index contributed by atoms with van der Waals surface area (Å²) in [5, 5.41) is 9.11. The van der Waals surface area contributed by atoms with Crippen LogP contribution in [0.15, 0.2) is 0 Å². The molecule has 0 radical (unpaired) electrons. The first-order valence-electron chi connectivity index (χ1n) is 8.02. The van der Waals surface area contributed by atoms with Gasteiger partial charge in [-0.05, 0) is 49.4 Å². The van der Waals surface area contributed by atoms with E-state index in [4.69, 9.17) is 9.84 Å². The van der Waals surface area contributed by atoms with Crippen LogP contribution in [0, 0.1) is 23.7 Å². The van der Waals surface area contributed by atoms with E-state index in [1.165, 1.54) is 6.42 Å². The number of fused-ring (bicyclic) bond motifs is 5. The quantitative estimate of drug-likeness (QED) is 0.778. The fourth-order valence-corrected chi connectivity index (χ4v) is 5.00. The number of hydrogen-bond donors (Lipinski definition) is 1. The minimum atomic E-state index is -5.76. The number of hydrogen-bond acceptors (Lipinski definition) is 2. The standard InChI is InChI=1S/C15H20F6O2/c16-14(17,18)13(22,15(19,20)21)4-5-23-12-7-8-6-11(12)10-3-1-2-9(8)10/h8-12,22H,1-7H2. The van der Waals surface area contributed by atoms with Gasteiger partial charge in [0.15, 0.2) is 0 Å². The molecule has 8 heteroatoms. The maximum Gasteiger partial charge on any atom is 0.426 e. The summed E-state index contributed by atoms with van der Waals surface area (Å²) in [6, 6.07) is 0. The summed E-state index contributed by atoms with van der Waals surface area (Å²) in [5.74, 6) is 1.95. The second kappa shape index (κ2) is 5.51. The van der Waals surface area contributed by atoms with E-state index in [1.807, 2.05) is 0 Å². The summed E-state index contributed by atoms with van der Waals surface area (Å²) in [6.45, 7) is -0.735. The molecule has 0 amide bonds. The van der Waals surface area contributed by atoms with Gasteiger partial charge >= 0.3 is 12.4 Å². The second-order valence-electron chi connectivity index (χ2n) is 7.17. The van der Waals surface area contributed by atoms with Gasteiger partial charge in [-0.2, -0.15) is 26.3 Å². The van der Waals surface area contributed by atoms with Crippen LogP contribution < -0.4 is 0 Å². The van der Waals surface area contributed by atoms with Crippen molar-refractivity contribution < 1.29 is 36.2 Å². The molecular formula is C15H20F6O2. The number of halogens is 6. The third-order valence-electron chi connectivity index (χ3n) is 6.10. The van der Waals surface area contributed by atoms with E-state index in [-0.39, 0.29) is 12.0 Å². The fraction of sp³-hybridized carbons (Fsp3) is 1.00. The zero-order valence-corrected chi connectivity index (χ0v) is 12.5. The Kier molecular flexibility index (Phi) is 4.15. The number of aliphatic hydroxyl groups is 1. The van der Waals surface area contributed by atoms with Gasteiger partial charge in [-0.25, -0.2) is 0 Å². The Morgan fingerprint density at radius 2 is 1.48 bits per heavy atom. The Hall–Kier alpha value is -0.500. The molecular weight excluding hydrogens is 326 g/mol. The average Bonchev–Trinajstić information content (AvgIpc) is 3.07. The van der Waals surface area contributed by atoms with E-state index in [0.717, 1.165) is 25.7 Å². The van der Waals surface area contributed by atoms with E-state index >= 15 is 0 Å². The van der Waals surface area contributed by atoms with E-state index in [0.29, 0.717) is 17.8 Å². The zero-order valence-electron chi connectivity index (χ0n) is 12.5. The van der Waals surface area contributed by atoms with Crippen LogP contribution in [-0.2, 0) is 4.74 Å². The highest BCUT2D eigenvalue weighted by Gasteiger charge is 2.70. The van der Waals surface area contributed by atoms with Crippen LogP contribution in [0.3, 0.4) is 0 Å². The minimum absolute atomic E-state index is 0.259. The van der Waals surface area contributed by atoms with Crippen LogP contribution in [0.4, 0.5) is 26.3 Å². The highest BCUT2D eigenvalue weighted by atomic mass is 19.4. The highest BCUT2D eigenvalue weighted by molar-refractivity contribution is 5.04. The molecule has 3 aliphatic carbocycles. The van der Waals surface area contributed by atoms with Crippen LogP contribution >= 0.6 is 0 Å². The average molecular weight is 346 g/mol. The summed E-state index contributed by atoms with van der Waals surface area (Å²) in [4.78, 5) is 0. The Bertz CT molecular complexity index is 432. The molecule has 134 valence electrons. The van der Waals surface area contributed by atoms with E-state index < -0.39 is 31.0 Å². The summed E-state index contributed by atoms with van der Waals surface area (Å²) >= 11 is 0. The second-order valence-corrected chi connectivity index (χ2v) is 7.17. The van der Waals surface area contributed by atoms with Crippen molar-refractivity contribution in [3.05, 3.63) is 0 Å². The first kappa shape index (κ1) is 17.3. The molecule has 5 unspecified atom stereocenters. The number of rotatable bonds is 4. The molecule has 2 bridgehead atoms. The molecule has 2 nitrogen and oxygen atoms in total. The molecule has 3 fully saturated rings. The molecule has 3 aliphatic rings. The van der Waals surface area contributed by atoms with Crippen molar-refractivity contribution in [1.29, 1.82) is 0 Å². The van der Waals surface area contributed by atoms with Crippen LogP contribution in [0.5, 0.6) is 0 Å². The summed E-state index contributed by atoms with van der Waals surface area (Å²) in [6.07, 6.45) is -8.18. The van der Waals surface area contributed by atoms with Gasteiger partial charge in [0.2, 0.25) is 0 Å². The Balaban J connectivity index is 1.57. The molecule has 0 spiro atoms. The van der Waals surface area contributed by atoms with Crippen molar-refractivity contribution in [2.24, 2.45) is 23.7 Å². The molecule has 3 rings (SSSR count). The van der Waals surface area contributed by atoms with E-state index in [1.54, 1.807) is 0 Å². The van der Waals surface area contributed by atoms with Gasteiger partial charge in [-0.15, -0.1) is 0 Å². The first-order valence-corrected chi connectivity index (χ1v) is 8.02. The smallest absolute Gasteiger partial charge is 0.378 e. The summed E-state index contributed by atoms with van der Waals surface area (Å²) in [7, 11) is 0. The third-order valence-corrected chi connectivity index (χ3v) is 6.10. The molecule has 5 atom stereocenters.